The summed E-state index contributed by atoms with van der Waals surface area (Å²) in [6, 6.07) is 6.84. The first-order valence-corrected chi connectivity index (χ1v) is 7.17. The molecule has 19 heavy (non-hydrogen) atoms. The highest BCUT2D eigenvalue weighted by Gasteiger charge is 2.20. The van der Waals surface area contributed by atoms with E-state index in [-0.39, 0.29) is 5.41 Å². The summed E-state index contributed by atoms with van der Waals surface area (Å²) in [7, 11) is 1.99. The van der Waals surface area contributed by atoms with E-state index in [0.29, 0.717) is 18.6 Å². The van der Waals surface area contributed by atoms with Gasteiger partial charge in [0, 0.05) is 6.04 Å². The van der Waals surface area contributed by atoms with E-state index in [2.05, 4.69) is 65.1 Å². The minimum atomic E-state index is 0.105. The number of benzene rings is 1. The zero-order valence-corrected chi connectivity index (χ0v) is 13.5. The van der Waals surface area contributed by atoms with Crippen molar-refractivity contribution in [2.45, 2.75) is 53.0 Å². The van der Waals surface area contributed by atoms with Gasteiger partial charge in [-0.05, 0) is 36.9 Å². The van der Waals surface area contributed by atoms with E-state index < -0.39 is 0 Å². The van der Waals surface area contributed by atoms with Gasteiger partial charge in [-0.15, -0.1) is 0 Å². The topological polar surface area (TPSA) is 21.3 Å². The van der Waals surface area contributed by atoms with E-state index >= 15 is 0 Å². The van der Waals surface area contributed by atoms with Crippen LogP contribution in [0.15, 0.2) is 18.2 Å². The molecule has 0 amide bonds. The summed E-state index contributed by atoms with van der Waals surface area (Å²) in [5, 5.41) is 3.32. The van der Waals surface area contributed by atoms with Crippen LogP contribution in [0.3, 0.4) is 0 Å². The lowest BCUT2D eigenvalue weighted by atomic mass is 9.85. The lowest BCUT2D eigenvalue weighted by molar-refractivity contribution is 0.234. The Morgan fingerprint density at radius 2 is 1.84 bits per heavy atom. The van der Waals surface area contributed by atoms with Crippen LogP contribution in [-0.4, -0.2) is 19.7 Å². The van der Waals surface area contributed by atoms with E-state index in [9.17, 15) is 0 Å². The maximum absolute atomic E-state index is 6.07. The molecule has 0 bridgehead atoms. The van der Waals surface area contributed by atoms with Crippen LogP contribution in [0.4, 0.5) is 0 Å². The quantitative estimate of drug-likeness (QED) is 0.869. The van der Waals surface area contributed by atoms with Crippen LogP contribution in [0.2, 0.25) is 0 Å². The first kappa shape index (κ1) is 16.0. The second-order valence-electron chi connectivity index (χ2n) is 6.70. The molecular weight excluding hydrogens is 234 g/mol. The summed E-state index contributed by atoms with van der Waals surface area (Å²) in [4.78, 5) is 0. The number of hydrogen-bond acceptors (Lipinski definition) is 2. The molecule has 0 saturated heterocycles. The largest absolute Gasteiger partial charge is 0.492 e. The third-order valence-electron chi connectivity index (χ3n) is 3.54. The van der Waals surface area contributed by atoms with Crippen molar-refractivity contribution in [1.29, 1.82) is 0 Å². The van der Waals surface area contributed by atoms with Crippen molar-refractivity contribution >= 4 is 0 Å². The van der Waals surface area contributed by atoms with E-state index in [4.69, 9.17) is 4.74 Å². The van der Waals surface area contributed by atoms with Crippen LogP contribution in [0.1, 0.15) is 45.7 Å². The summed E-state index contributed by atoms with van der Waals surface area (Å²) in [5.74, 6) is 1.58. The predicted octanol–water partition coefficient (Wildman–Crippen LogP) is 3.92. The van der Waals surface area contributed by atoms with Crippen molar-refractivity contribution in [2.24, 2.45) is 5.92 Å². The molecule has 0 aliphatic heterocycles. The fourth-order valence-electron chi connectivity index (χ4n) is 2.14. The number of likely N-dealkylation sites (N-methyl/N-ethyl adjacent to an activating group) is 1. The van der Waals surface area contributed by atoms with Gasteiger partial charge in [0.2, 0.25) is 0 Å². The van der Waals surface area contributed by atoms with Crippen LogP contribution < -0.4 is 10.1 Å². The van der Waals surface area contributed by atoms with Gasteiger partial charge in [-0.25, -0.2) is 0 Å². The Morgan fingerprint density at radius 3 is 2.32 bits per heavy atom. The molecule has 1 aromatic rings. The maximum atomic E-state index is 6.07. The van der Waals surface area contributed by atoms with E-state index in [1.807, 2.05) is 7.05 Å². The van der Waals surface area contributed by atoms with Gasteiger partial charge in [0.05, 0.1) is 0 Å². The molecule has 0 radical (unpaired) electrons. The number of aryl methyl sites for hydroxylation is 1. The van der Waals surface area contributed by atoms with E-state index in [0.717, 1.165) is 5.75 Å². The molecule has 0 spiro atoms. The number of nitrogens with one attached hydrogen (secondary N) is 1. The molecule has 0 fully saturated rings. The molecule has 0 aromatic heterocycles. The summed E-state index contributed by atoms with van der Waals surface area (Å²) in [5.41, 5.74) is 2.67. The SMILES string of the molecule is CNC(COc1ccc(C)cc1C(C)(C)C)C(C)C. The molecule has 1 atom stereocenters. The minimum Gasteiger partial charge on any atom is -0.492 e. The molecule has 0 aliphatic rings. The first-order valence-electron chi connectivity index (χ1n) is 7.17. The third kappa shape index (κ3) is 4.54. The van der Waals surface area contributed by atoms with Crippen molar-refractivity contribution in [3.05, 3.63) is 29.3 Å². The normalized spacial score (nSPS) is 13.7. The zero-order valence-electron chi connectivity index (χ0n) is 13.5. The first-order chi connectivity index (χ1) is 8.75. The highest BCUT2D eigenvalue weighted by atomic mass is 16.5. The number of rotatable bonds is 5. The minimum absolute atomic E-state index is 0.105. The van der Waals surface area contributed by atoms with Crippen molar-refractivity contribution in [2.75, 3.05) is 13.7 Å². The molecule has 108 valence electrons. The standard InChI is InChI=1S/C17H29NO/c1-12(2)15(18-7)11-19-16-9-8-13(3)10-14(16)17(4,5)6/h8-10,12,15,18H,11H2,1-7H3. The van der Waals surface area contributed by atoms with Gasteiger partial charge in [0.25, 0.3) is 0 Å². The Morgan fingerprint density at radius 1 is 1.21 bits per heavy atom. The molecule has 0 aliphatic carbocycles. The molecule has 2 heteroatoms. The summed E-state index contributed by atoms with van der Waals surface area (Å²) in [6.45, 7) is 13.9. The highest BCUT2D eigenvalue weighted by molar-refractivity contribution is 5.41. The predicted molar refractivity (Wildman–Crippen MR) is 83.1 cm³/mol. The molecule has 0 saturated carbocycles. The Kier molecular flexibility index (Phi) is 5.42. The average Bonchev–Trinajstić information content (AvgIpc) is 2.29. The molecule has 1 N–H and O–H groups in total. The van der Waals surface area contributed by atoms with Crippen molar-refractivity contribution in [3.8, 4) is 5.75 Å². The summed E-state index contributed by atoms with van der Waals surface area (Å²) >= 11 is 0. The molecule has 2 nitrogen and oxygen atoms in total. The fraction of sp³-hybridized carbons (Fsp3) is 0.647. The van der Waals surface area contributed by atoms with Crippen LogP contribution in [0.5, 0.6) is 5.75 Å². The highest BCUT2D eigenvalue weighted by Crippen LogP contribution is 2.32. The summed E-state index contributed by atoms with van der Waals surface area (Å²) in [6.07, 6.45) is 0. The zero-order chi connectivity index (χ0) is 14.6. The van der Waals surface area contributed by atoms with Crippen molar-refractivity contribution in [1.82, 2.24) is 5.32 Å². The van der Waals surface area contributed by atoms with E-state index in [1.54, 1.807) is 0 Å². The van der Waals surface area contributed by atoms with Gasteiger partial charge in [-0.3, -0.25) is 0 Å². The van der Waals surface area contributed by atoms with Gasteiger partial charge >= 0.3 is 0 Å². The average molecular weight is 263 g/mol. The molecule has 0 heterocycles. The van der Waals surface area contributed by atoms with Gasteiger partial charge in [0.1, 0.15) is 12.4 Å². The third-order valence-corrected chi connectivity index (χ3v) is 3.54. The van der Waals surface area contributed by atoms with Crippen molar-refractivity contribution < 1.29 is 4.74 Å². The monoisotopic (exact) mass is 263 g/mol. The number of ether oxygens (including phenoxy) is 1. The molecular formula is C17H29NO. The molecule has 1 unspecified atom stereocenters. The Hall–Kier alpha value is -1.02. The Balaban J connectivity index is 2.89. The molecule has 1 rings (SSSR count). The van der Waals surface area contributed by atoms with E-state index in [1.165, 1.54) is 11.1 Å². The Bertz CT molecular complexity index is 404. The number of hydrogen-bond donors (Lipinski definition) is 1. The smallest absolute Gasteiger partial charge is 0.123 e. The van der Waals surface area contributed by atoms with Crippen LogP contribution in [0, 0.1) is 12.8 Å². The second kappa shape index (κ2) is 6.42. The van der Waals surface area contributed by atoms with Crippen LogP contribution in [-0.2, 0) is 5.41 Å². The van der Waals surface area contributed by atoms with Crippen molar-refractivity contribution in [3.63, 3.8) is 0 Å². The van der Waals surface area contributed by atoms with Gasteiger partial charge in [-0.1, -0.05) is 52.3 Å². The maximum Gasteiger partial charge on any atom is 0.123 e. The fourth-order valence-corrected chi connectivity index (χ4v) is 2.14. The van der Waals surface area contributed by atoms with Gasteiger partial charge in [0.15, 0.2) is 0 Å². The van der Waals surface area contributed by atoms with Gasteiger partial charge < -0.3 is 10.1 Å². The lowest BCUT2D eigenvalue weighted by Crippen LogP contribution is -2.36. The Labute approximate surface area is 118 Å². The van der Waals surface area contributed by atoms with Crippen LogP contribution in [0.25, 0.3) is 0 Å². The van der Waals surface area contributed by atoms with Crippen LogP contribution >= 0.6 is 0 Å². The summed E-state index contributed by atoms with van der Waals surface area (Å²) < 4.78 is 6.07. The second-order valence-corrected chi connectivity index (χ2v) is 6.70. The van der Waals surface area contributed by atoms with Gasteiger partial charge in [-0.2, -0.15) is 0 Å². The lowest BCUT2D eigenvalue weighted by Gasteiger charge is -2.26. The molecule has 1 aromatic carbocycles.